The van der Waals surface area contributed by atoms with Gasteiger partial charge in [0, 0.05) is 11.4 Å². The van der Waals surface area contributed by atoms with Crippen LogP contribution < -0.4 is 10.1 Å². The first-order valence-corrected chi connectivity index (χ1v) is 12.9. The Kier molecular flexibility index (Phi) is 8.19. The molecular weight excluding hydrogens is 491 g/mol. The molecular formula is C24H25FN4O4S2. The molecule has 35 heavy (non-hydrogen) atoms. The van der Waals surface area contributed by atoms with E-state index in [9.17, 15) is 14.0 Å². The summed E-state index contributed by atoms with van der Waals surface area (Å²) in [5.74, 6) is 0.117. The lowest BCUT2D eigenvalue weighted by Gasteiger charge is -2.11. The molecule has 1 aliphatic rings. The number of carbonyl (C=O) groups is 2. The predicted molar refractivity (Wildman–Crippen MR) is 133 cm³/mol. The summed E-state index contributed by atoms with van der Waals surface area (Å²) in [6, 6.07) is 5.71. The second-order valence-electron chi connectivity index (χ2n) is 7.78. The third-order valence-corrected chi connectivity index (χ3v) is 7.61. The number of aryl methyl sites for hydroxylation is 1. The number of thiophene rings is 1. The zero-order chi connectivity index (χ0) is 24.8. The summed E-state index contributed by atoms with van der Waals surface area (Å²) in [5.41, 5.74) is 1.47. The molecule has 2 aromatic heterocycles. The highest BCUT2D eigenvalue weighted by Crippen LogP contribution is 2.38. The molecule has 0 saturated carbocycles. The Bertz CT molecular complexity index is 1220. The molecule has 1 N–H and O–H groups in total. The third kappa shape index (κ3) is 5.91. The van der Waals surface area contributed by atoms with Crippen LogP contribution in [0.5, 0.6) is 5.75 Å². The molecule has 0 fully saturated rings. The predicted octanol–water partition coefficient (Wildman–Crippen LogP) is 4.64. The summed E-state index contributed by atoms with van der Waals surface area (Å²) < 4.78 is 25.5. The van der Waals surface area contributed by atoms with Gasteiger partial charge in [-0.1, -0.05) is 17.8 Å². The van der Waals surface area contributed by atoms with E-state index in [0.717, 1.165) is 36.1 Å². The van der Waals surface area contributed by atoms with Crippen LogP contribution in [0.25, 0.3) is 0 Å². The monoisotopic (exact) mass is 516 g/mol. The topological polar surface area (TPSA) is 95.3 Å². The first-order chi connectivity index (χ1) is 17.0. The molecule has 1 amide bonds. The van der Waals surface area contributed by atoms with Gasteiger partial charge in [-0.2, -0.15) is 0 Å². The number of allylic oxidation sites excluding steroid dienone is 1. The summed E-state index contributed by atoms with van der Waals surface area (Å²) in [6.07, 6.45) is 5.51. The largest absolute Gasteiger partial charge is 0.486 e. The van der Waals surface area contributed by atoms with Crippen molar-refractivity contribution in [2.75, 3.05) is 18.2 Å². The Morgan fingerprint density at radius 1 is 1.26 bits per heavy atom. The molecule has 0 saturated heterocycles. The number of nitrogens with one attached hydrogen (secondary N) is 1. The average molecular weight is 517 g/mol. The maximum absolute atomic E-state index is 13.1. The number of anilines is 1. The average Bonchev–Trinajstić information content (AvgIpc) is 3.42. The van der Waals surface area contributed by atoms with Gasteiger partial charge in [-0.15, -0.1) is 28.1 Å². The summed E-state index contributed by atoms with van der Waals surface area (Å²) in [6.45, 7) is 4.33. The van der Waals surface area contributed by atoms with Crippen molar-refractivity contribution in [3.05, 3.63) is 64.6 Å². The van der Waals surface area contributed by atoms with Crippen LogP contribution in [0.3, 0.4) is 0 Å². The number of benzene rings is 1. The van der Waals surface area contributed by atoms with E-state index >= 15 is 0 Å². The minimum Gasteiger partial charge on any atom is -0.486 e. The first kappa shape index (κ1) is 24.9. The minimum absolute atomic E-state index is 0.0806. The number of hydrogen-bond acceptors (Lipinski definition) is 8. The fourth-order valence-corrected chi connectivity index (χ4v) is 5.85. The Morgan fingerprint density at radius 3 is 2.77 bits per heavy atom. The van der Waals surface area contributed by atoms with Crippen molar-refractivity contribution in [1.29, 1.82) is 0 Å². The van der Waals surface area contributed by atoms with Crippen molar-refractivity contribution in [1.82, 2.24) is 14.8 Å². The SMILES string of the molecule is C=CCn1c(COc2ccc(F)cc2)nnc1SCC(=O)Nc1sc2c(c1C(=O)OC)CCCC2. The van der Waals surface area contributed by atoms with Crippen LogP contribution in [0.15, 0.2) is 42.1 Å². The molecule has 8 nitrogen and oxygen atoms in total. The zero-order valence-corrected chi connectivity index (χ0v) is 20.8. The van der Waals surface area contributed by atoms with E-state index < -0.39 is 5.97 Å². The molecule has 184 valence electrons. The summed E-state index contributed by atoms with van der Waals surface area (Å²) in [4.78, 5) is 26.3. The maximum Gasteiger partial charge on any atom is 0.341 e. The number of halogens is 1. The highest BCUT2D eigenvalue weighted by atomic mass is 32.2. The van der Waals surface area contributed by atoms with Gasteiger partial charge in [-0.25, -0.2) is 9.18 Å². The molecule has 1 aliphatic carbocycles. The van der Waals surface area contributed by atoms with Gasteiger partial charge in [-0.05, 0) is 55.5 Å². The number of amides is 1. The van der Waals surface area contributed by atoms with Crippen molar-refractivity contribution in [2.24, 2.45) is 0 Å². The highest BCUT2D eigenvalue weighted by Gasteiger charge is 2.27. The maximum atomic E-state index is 13.1. The van der Waals surface area contributed by atoms with E-state index in [1.165, 1.54) is 54.5 Å². The molecule has 0 spiro atoms. The van der Waals surface area contributed by atoms with E-state index in [1.54, 1.807) is 10.6 Å². The highest BCUT2D eigenvalue weighted by molar-refractivity contribution is 7.99. The van der Waals surface area contributed by atoms with Crippen LogP contribution in [0, 0.1) is 5.82 Å². The number of esters is 1. The second kappa shape index (κ2) is 11.5. The van der Waals surface area contributed by atoms with Gasteiger partial charge in [0.05, 0.1) is 18.4 Å². The Morgan fingerprint density at radius 2 is 2.03 bits per heavy atom. The molecule has 0 bridgehead atoms. The lowest BCUT2D eigenvalue weighted by Crippen LogP contribution is -2.17. The van der Waals surface area contributed by atoms with Crippen molar-refractivity contribution in [3.8, 4) is 5.75 Å². The molecule has 1 aromatic carbocycles. The van der Waals surface area contributed by atoms with Gasteiger partial charge in [0.15, 0.2) is 11.0 Å². The number of fused-ring (bicyclic) bond motifs is 1. The number of nitrogens with zero attached hydrogens (tertiary/aromatic N) is 3. The van der Waals surface area contributed by atoms with E-state index in [2.05, 4.69) is 22.1 Å². The molecule has 4 rings (SSSR count). The number of thioether (sulfide) groups is 1. The van der Waals surface area contributed by atoms with Gasteiger partial charge < -0.3 is 14.8 Å². The van der Waals surface area contributed by atoms with Crippen LogP contribution in [-0.2, 0) is 35.5 Å². The van der Waals surface area contributed by atoms with Crippen LogP contribution >= 0.6 is 23.1 Å². The van der Waals surface area contributed by atoms with Crippen LogP contribution in [0.4, 0.5) is 9.39 Å². The number of rotatable bonds is 10. The van der Waals surface area contributed by atoms with E-state index in [4.69, 9.17) is 9.47 Å². The molecule has 0 aliphatic heterocycles. The van der Waals surface area contributed by atoms with Crippen molar-refractivity contribution in [3.63, 3.8) is 0 Å². The Hall–Kier alpha value is -3.18. The molecule has 0 unspecified atom stereocenters. The summed E-state index contributed by atoms with van der Waals surface area (Å²) >= 11 is 2.67. The zero-order valence-electron chi connectivity index (χ0n) is 19.2. The van der Waals surface area contributed by atoms with Crippen LogP contribution in [-0.4, -0.2) is 39.5 Å². The smallest absolute Gasteiger partial charge is 0.341 e. The van der Waals surface area contributed by atoms with Gasteiger partial charge in [0.25, 0.3) is 0 Å². The molecule has 0 atom stereocenters. The fraction of sp³-hybridized carbons (Fsp3) is 0.333. The van der Waals surface area contributed by atoms with Crippen LogP contribution in [0.2, 0.25) is 0 Å². The lowest BCUT2D eigenvalue weighted by molar-refractivity contribution is -0.113. The molecule has 3 aromatic rings. The minimum atomic E-state index is -0.427. The summed E-state index contributed by atoms with van der Waals surface area (Å²) in [5, 5.41) is 12.3. The lowest BCUT2D eigenvalue weighted by atomic mass is 9.95. The Balaban J connectivity index is 1.41. The summed E-state index contributed by atoms with van der Waals surface area (Å²) in [7, 11) is 1.35. The van der Waals surface area contributed by atoms with Gasteiger partial charge in [0.2, 0.25) is 5.91 Å². The van der Waals surface area contributed by atoms with Gasteiger partial charge in [-0.3, -0.25) is 9.36 Å². The number of methoxy groups -OCH3 is 1. The van der Waals surface area contributed by atoms with Gasteiger partial charge in [0.1, 0.15) is 23.2 Å². The van der Waals surface area contributed by atoms with E-state index in [-0.39, 0.29) is 24.1 Å². The standard InChI is InChI=1S/C24H25FN4O4S2/c1-3-12-29-19(13-33-16-10-8-15(25)9-11-16)27-28-24(29)34-14-20(30)26-22-21(23(31)32-2)17-6-4-5-7-18(17)35-22/h3,8-11H,1,4-7,12-14H2,2H3,(H,26,30). The molecule has 2 heterocycles. The van der Waals surface area contributed by atoms with Crippen molar-refractivity contribution in [2.45, 2.75) is 44.0 Å². The van der Waals surface area contributed by atoms with Crippen molar-refractivity contribution < 1.29 is 23.5 Å². The Labute approximate surface area is 210 Å². The number of aromatic nitrogens is 3. The first-order valence-electron chi connectivity index (χ1n) is 11.1. The molecule has 11 heteroatoms. The van der Waals surface area contributed by atoms with Crippen molar-refractivity contribution >= 4 is 40.0 Å². The fourth-order valence-electron chi connectivity index (χ4n) is 3.79. The van der Waals surface area contributed by atoms with Crippen LogP contribution in [0.1, 0.15) is 39.5 Å². The van der Waals surface area contributed by atoms with Gasteiger partial charge >= 0.3 is 5.97 Å². The number of carbonyl (C=O) groups excluding carboxylic acids is 2. The van der Waals surface area contributed by atoms with E-state index in [1.807, 2.05) is 0 Å². The third-order valence-electron chi connectivity index (χ3n) is 5.43. The normalized spacial score (nSPS) is 12.6. The second-order valence-corrected chi connectivity index (χ2v) is 9.83. The number of hydrogen-bond donors (Lipinski definition) is 1. The quantitative estimate of drug-likeness (QED) is 0.238. The number of ether oxygens (including phenoxy) is 2. The van der Waals surface area contributed by atoms with E-state index in [0.29, 0.717) is 33.8 Å². The molecule has 0 radical (unpaired) electrons.